The van der Waals surface area contributed by atoms with Gasteiger partial charge >= 0.3 is 0 Å². The van der Waals surface area contributed by atoms with E-state index in [0.29, 0.717) is 6.61 Å². The van der Waals surface area contributed by atoms with Crippen molar-refractivity contribution >= 4 is 19.7 Å². The van der Waals surface area contributed by atoms with Crippen LogP contribution in [0.1, 0.15) is 19.3 Å². The maximum absolute atomic E-state index is 13.7. The Balaban J connectivity index is 1.83. The SMILES string of the molecule is O=S(=O)(Cl)c1ccc(OCCCN2CCCC2)c(F)c1. The Morgan fingerprint density at radius 2 is 2.00 bits per heavy atom. The third-order valence-corrected chi connectivity index (χ3v) is 4.61. The normalized spacial score (nSPS) is 16.5. The lowest BCUT2D eigenvalue weighted by atomic mass is 10.3. The summed E-state index contributed by atoms with van der Waals surface area (Å²) in [6, 6.07) is 3.40. The van der Waals surface area contributed by atoms with Gasteiger partial charge in [0.15, 0.2) is 11.6 Å². The van der Waals surface area contributed by atoms with Crippen molar-refractivity contribution in [2.75, 3.05) is 26.2 Å². The van der Waals surface area contributed by atoms with Crippen LogP contribution in [-0.2, 0) is 9.05 Å². The van der Waals surface area contributed by atoms with Gasteiger partial charge < -0.3 is 9.64 Å². The predicted molar refractivity (Wildman–Crippen MR) is 75.2 cm³/mol. The van der Waals surface area contributed by atoms with Gasteiger partial charge in [-0.05, 0) is 50.6 Å². The smallest absolute Gasteiger partial charge is 0.261 e. The van der Waals surface area contributed by atoms with Crippen molar-refractivity contribution in [2.24, 2.45) is 0 Å². The molecule has 0 radical (unpaired) electrons. The van der Waals surface area contributed by atoms with E-state index in [2.05, 4.69) is 4.90 Å². The van der Waals surface area contributed by atoms with Crippen LogP contribution in [0.2, 0.25) is 0 Å². The minimum absolute atomic E-state index is 0.0514. The zero-order valence-electron chi connectivity index (χ0n) is 11.0. The van der Waals surface area contributed by atoms with E-state index in [9.17, 15) is 12.8 Å². The molecule has 7 heteroatoms. The summed E-state index contributed by atoms with van der Waals surface area (Å²) in [6.07, 6.45) is 3.29. The summed E-state index contributed by atoms with van der Waals surface area (Å²) in [5, 5.41) is 0. The highest BCUT2D eigenvalue weighted by atomic mass is 35.7. The largest absolute Gasteiger partial charge is 0.490 e. The average Bonchev–Trinajstić information content (AvgIpc) is 2.88. The minimum Gasteiger partial charge on any atom is -0.490 e. The molecule has 112 valence electrons. The maximum atomic E-state index is 13.7. The lowest BCUT2D eigenvalue weighted by Crippen LogP contribution is -2.22. The molecule has 0 spiro atoms. The molecule has 20 heavy (non-hydrogen) atoms. The highest BCUT2D eigenvalue weighted by Gasteiger charge is 2.14. The van der Waals surface area contributed by atoms with E-state index in [0.717, 1.165) is 32.1 Å². The third kappa shape index (κ3) is 4.33. The fraction of sp³-hybridized carbons (Fsp3) is 0.538. The first-order chi connectivity index (χ1) is 9.47. The Morgan fingerprint density at radius 1 is 1.30 bits per heavy atom. The van der Waals surface area contributed by atoms with Crippen LogP contribution in [0.5, 0.6) is 5.75 Å². The monoisotopic (exact) mass is 321 g/mol. The summed E-state index contributed by atoms with van der Waals surface area (Å²) in [5.74, 6) is -0.664. The van der Waals surface area contributed by atoms with Crippen LogP contribution in [0.4, 0.5) is 4.39 Å². The lowest BCUT2D eigenvalue weighted by molar-refractivity contribution is 0.255. The summed E-state index contributed by atoms with van der Waals surface area (Å²) in [6.45, 7) is 3.59. The second-order valence-corrected chi connectivity index (χ2v) is 7.35. The van der Waals surface area contributed by atoms with Crippen LogP contribution < -0.4 is 4.74 Å². The number of nitrogens with zero attached hydrogens (tertiary/aromatic N) is 1. The molecule has 1 aromatic rings. The first kappa shape index (κ1) is 15.5. The zero-order valence-corrected chi connectivity index (χ0v) is 12.6. The van der Waals surface area contributed by atoms with Gasteiger partial charge in [0, 0.05) is 17.2 Å². The minimum atomic E-state index is -3.91. The quantitative estimate of drug-likeness (QED) is 0.597. The van der Waals surface area contributed by atoms with Crippen molar-refractivity contribution in [1.29, 1.82) is 0 Å². The number of hydrogen-bond donors (Lipinski definition) is 0. The molecule has 0 amide bonds. The van der Waals surface area contributed by atoms with E-state index in [-0.39, 0.29) is 10.6 Å². The van der Waals surface area contributed by atoms with E-state index in [4.69, 9.17) is 15.4 Å². The van der Waals surface area contributed by atoms with Crippen LogP contribution >= 0.6 is 10.7 Å². The summed E-state index contributed by atoms with van der Waals surface area (Å²) in [5.41, 5.74) is 0. The van der Waals surface area contributed by atoms with Crippen LogP contribution in [0.3, 0.4) is 0 Å². The van der Waals surface area contributed by atoms with Gasteiger partial charge in [0.05, 0.1) is 11.5 Å². The van der Waals surface area contributed by atoms with Crippen LogP contribution in [0.25, 0.3) is 0 Å². The Kier molecular flexibility index (Phi) is 5.23. The van der Waals surface area contributed by atoms with Gasteiger partial charge in [0.25, 0.3) is 9.05 Å². The highest BCUT2D eigenvalue weighted by molar-refractivity contribution is 8.13. The molecule has 0 bridgehead atoms. The van der Waals surface area contributed by atoms with Gasteiger partial charge in [-0.15, -0.1) is 0 Å². The Hall–Kier alpha value is -0.850. The van der Waals surface area contributed by atoms with Gasteiger partial charge in [0.2, 0.25) is 0 Å². The van der Waals surface area contributed by atoms with Crippen molar-refractivity contribution in [3.05, 3.63) is 24.0 Å². The molecule has 1 saturated heterocycles. The lowest BCUT2D eigenvalue weighted by Gasteiger charge is -2.14. The Morgan fingerprint density at radius 3 is 2.60 bits per heavy atom. The van der Waals surface area contributed by atoms with Crippen molar-refractivity contribution in [3.8, 4) is 5.75 Å². The summed E-state index contributed by atoms with van der Waals surface area (Å²) in [7, 11) is 1.23. The van der Waals surface area contributed by atoms with Gasteiger partial charge in [0.1, 0.15) is 0 Å². The first-order valence-electron chi connectivity index (χ1n) is 6.56. The van der Waals surface area contributed by atoms with E-state index < -0.39 is 14.9 Å². The second kappa shape index (κ2) is 6.74. The molecule has 4 nitrogen and oxygen atoms in total. The molecule has 0 atom stereocenters. The molecule has 2 rings (SSSR count). The number of ether oxygens (including phenoxy) is 1. The number of benzene rings is 1. The standard InChI is InChI=1S/C13H17ClFNO3S/c14-20(17,18)11-4-5-13(12(15)10-11)19-9-3-8-16-6-1-2-7-16/h4-5,10H,1-3,6-9H2. The number of hydrogen-bond acceptors (Lipinski definition) is 4. The van der Waals surface area contributed by atoms with Crippen LogP contribution in [0.15, 0.2) is 23.1 Å². The molecule has 1 aliphatic heterocycles. The summed E-state index contributed by atoms with van der Waals surface area (Å²) >= 11 is 0. The van der Waals surface area contributed by atoms with Crippen LogP contribution in [0, 0.1) is 5.82 Å². The van der Waals surface area contributed by atoms with Crippen LogP contribution in [-0.4, -0.2) is 39.6 Å². The molecule has 1 aromatic carbocycles. The number of rotatable bonds is 6. The summed E-state index contributed by atoms with van der Waals surface area (Å²) < 4.78 is 41.1. The zero-order chi connectivity index (χ0) is 14.6. The van der Waals surface area contributed by atoms with Crippen molar-refractivity contribution in [2.45, 2.75) is 24.2 Å². The molecule has 1 fully saturated rings. The second-order valence-electron chi connectivity index (χ2n) is 4.78. The summed E-state index contributed by atoms with van der Waals surface area (Å²) in [4.78, 5) is 2.09. The van der Waals surface area contributed by atoms with E-state index >= 15 is 0 Å². The van der Waals surface area contributed by atoms with E-state index in [1.54, 1.807) is 0 Å². The molecule has 0 unspecified atom stereocenters. The first-order valence-corrected chi connectivity index (χ1v) is 8.87. The maximum Gasteiger partial charge on any atom is 0.261 e. The van der Waals surface area contributed by atoms with Gasteiger partial charge in [-0.1, -0.05) is 0 Å². The van der Waals surface area contributed by atoms with Gasteiger partial charge in [-0.3, -0.25) is 0 Å². The molecule has 0 aromatic heterocycles. The number of halogens is 2. The Labute approximate surface area is 122 Å². The van der Waals surface area contributed by atoms with Gasteiger partial charge in [-0.2, -0.15) is 0 Å². The number of likely N-dealkylation sites (tertiary alicyclic amines) is 1. The molecule has 1 heterocycles. The van der Waals surface area contributed by atoms with E-state index in [1.165, 1.54) is 25.0 Å². The van der Waals surface area contributed by atoms with Crippen molar-refractivity contribution < 1.29 is 17.5 Å². The van der Waals surface area contributed by atoms with Crippen molar-refractivity contribution in [3.63, 3.8) is 0 Å². The predicted octanol–water partition coefficient (Wildman–Crippen LogP) is 2.62. The third-order valence-electron chi connectivity index (χ3n) is 3.26. The van der Waals surface area contributed by atoms with Crippen molar-refractivity contribution in [1.82, 2.24) is 4.90 Å². The molecule has 0 aliphatic carbocycles. The fourth-order valence-electron chi connectivity index (χ4n) is 2.23. The van der Waals surface area contributed by atoms with Gasteiger partial charge in [-0.25, -0.2) is 12.8 Å². The molecule has 1 aliphatic rings. The highest BCUT2D eigenvalue weighted by Crippen LogP contribution is 2.23. The average molecular weight is 322 g/mol. The fourth-order valence-corrected chi connectivity index (χ4v) is 2.99. The molecule has 0 N–H and O–H groups in total. The topological polar surface area (TPSA) is 46.6 Å². The Bertz CT molecular complexity index is 559. The molecular formula is C13H17ClFNO3S. The molecular weight excluding hydrogens is 305 g/mol. The van der Waals surface area contributed by atoms with E-state index in [1.807, 2.05) is 0 Å². The molecule has 0 saturated carbocycles.